The average Bonchev–Trinajstić information content (AvgIpc) is 3.06. The first kappa shape index (κ1) is 15.6. The van der Waals surface area contributed by atoms with Crippen LogP contribution in [-0.2, 0) is 12.8 Å². The van der Waals surface area contributed by atoms with Crippen LogP contribution in [0.4, 0.5) is 10.3 Å². The second-order valence-electron chi connectivity index (χ2n) is 5.87. The second kappa shape index (κ2) is 6.51. The quantitative estimate of drug-likeness (QED) is 0.753. The molecule has 0 saturated carbocycles. The number of thiazole rings is 2. The Bertz CT molecular complexity index is 870. The van der Waals surface area contributed by atoms with Crippen molar-refractivity contribution >= 4 is 49.2 Å². The van der Waals surface area contributed by atoms with Crippen molar-refractivity contribution in [2.75, 3.05) is 31.1 Å². The van der Waals surface area contributed by atoms with Gasteiger partial charge in [0, 0.05) is 30.9 Å². The SMILES string of the molecule is Nc1nc2c(s1)CCN(CC=Cc1cccc3nc(N)sc13)CC2. The lowest BCUT2D eigenvalue weighted by Gasteiger charge is -2.17. The van der Waals surface area contributed by atoms with E-state index in [0.29, 0.717) is 10.3 Å². The fourth-order valence-corrected chi connectivity index (χ4v) is 4.75. The molecule has 5 nitrogen and oxygen atoms in total. The van der Waals surface area contributed by atoms with E-state index < -0.39 is 0 Å². The van der Waals surface area contributed by atoms with E-state index in [2.05, 4.69) is 33.1 Å². The number of nitrogen functional groups attached to an aromatic ring is 2. The summed E-state index contributed by atoms with van der Waals surface area (Å²) in [5, 5.41) is 1.32. The number of anilines is 2. The molecule has 0 saturated heterocycles. The maximum Gasteiger partial charge on any atom is 0.181 e. The summed E-state index contributed by atoms with van der Waals surface area (Å²) in [5.41, 5.74) is 15.0. The summed E-state index contributed by atoms with van der Waals surface area (Å²) in [6, 6.07) is 6.15. The van der Waals surface area contributed by atoms with Crippen LogP contribution in [-0.4, -0.2) is 34.5 Å². The van der Waals surface area contributed by atoms with Crippen molar-refractivity contribution in [2.24, 2.45) is 0 Å². The number of hydrogen-bond acceptors (Lipinski definition) is 7. The Kier molecular flexibility index (Phi) is 4.22. The third-order valence-electron chi connectivity index (χ3n) is 4.24. The van der Waals surface area contributed by atoms with E-state index in [-0.39, 0.29) is 0 Å². The summed E-state index contributed by atoms with van der Waals surface area (Å²) in [6.07, 6.45) is 6.43. The van der Waals surface area contributed by atoms with Gasteiger partial charge in [0.1, 0.15) is 0 Å². The van der Waals surface area contributed by atoms with Crippen molar-refractivity contribution < 1.29 is 0 Å². The maximum absolute atomic E-state index is 5.83. The van der Waals surface area contributed by atoms with E-state index in [4.69, 9.17) is 11.5 Å². The second-order valence-corrected chi connectivity index (χ2v) is 8.02. The zero-order valence-electron chi connectivity index (χ0n) is 13.2. The van der Waals surface area contributed by atoms with Gasteiger partial charge >= 0.3 is 0 Å². The van der Waals surface area contributed by atoms with Gasteiger partial charge in [0.05, 0.1) is 15.9 Å². The molecule has 0 spiro atoms. The van der Waals surface area contributed by atoms with Gasteiger partial charge in [-0.05, 0) is 18.1 Å². The Balaban J connectivity index is 1.43. The summed E-state index contributed by atoms with van der Waals surface area (Å²) >= 11 is 3.18. The minimum absolute atomic E-state index is 0.622. The average molecular weight is 358 g/mol. The minimum Gasteiger partial charge on any atom is -0.375 e. The number of nitrogens with two attached hydrogens (primary N) is 2. The predicted molar refractivity (Wildman–Crippen MR) is 103 cm³/mol. The Morgan fingerprint density at radius 1 is 1.08 bits per heavy atom. The van der Waals surface area contributed by atoms with E-state index >= 15 is 0 Å². The fourth-order valence-electron chi connectivity index (χ4n) is 3.06. The van der Waals surface area contributed by atoms with Crippen LogP contribution in [0.5, 0.6) is 0 Å². The van der Waals surface area contributed by atoms with Crippen molar-refractivity contribution in [3.05, 3.63) is 40.4 Å². The van der Waals surface area contributed by atoms with Gasteiger partial charge in [-0.2, -0.15) is 0 Å². The maximum atomic E-state index is 5.83. The van der Waals surface area contributed by atoms with Crippen LogP contribution in [0.2, 0.25) is 0 Å². The first-order valence-electron chi connectivity index (χ1n) is 7.97. The highest BCUT2D eigenvalue weighted by Crippen LogP contribution is 2.28. The molecular formula is C17H19N5S2. The first-order chi connectivity index (χ1) is 11.7. The Labute approximate surface area is 148 Å². The summed E-state index contributed by atoms with van der Waals surface area (Å²) in [6.45, 7) is 3.02. The smallest absolute Gasteiger partial charge is 0.181 e. The first-order valence-corrected chi connectivity index (χ1v) is 9.60. The van der Waals surface area contributed by atoms with Crippen LogP contribution in [0.25, 0.3) is 16.3 Å². The highest BCUT2D eigenvalue weighted by atomic mass is 32.1. The van der Waals surface area contributed by atoms with Gasteiger partial charge in [-0.25, -0.2) is 9.97 Å². The van der Waals surface area contributed by atoms with Crippen LogP contribution < -0.4 is 11.5 Å². The zero-order valence-corrected chi connectivity index (χ0v) is 14.9. The molecule has 1 aromatic carbocycles. The van der Waals surface area contributed by atoms with E-state index in [1.165, 1.54) is 16.1 Å². The van der Waals surface area contributed by atoms with Gasteiger partial charge in [0.2, 0.25) is 0 Å². The predicted octanol–water partition coefficient (Wildman–Crippen LogP) is 3.03. The number of aromatic nitrogens is 2. The molecule has 0 aliphatic carbocycles. The Morgan fingerprint density at radius 3 is 2.83 bits per heavy atom. The van der Waals surface area contributed by atoms with Gasteiger partial charge in [-0.15, -0.1) is 11.3 Å². The molecule has 0 unspecified atom stereocenters. The van der Waals surface area contributed by atoms with Crippen molar-refractivity contribution in [2.45, 2.75) is 12.8 Å². The summed E-state index contributed by atoms with van der Waals surface area (Å²) in [7, 11) is 0. The monoisotopic (exact) mass is 357 g/mol. The summed E-state index contributed by atoms with van der Waals surface area (Å²) in [5.74, 6) is 0. The molecule has 0 fully saturated rings. The fraction of sp³-hybridized carbons (Fsp3) is 0.294. The van der Waals surface area contributed by atoms with Gasteiger partial charge in [0.25, 0.3) is 0 Å². The van der Waals surface area contributed by atoms with Crippen molar-refractivity contribution in [1.82, 2.24) is 14.9 Å². The van der Waals surface area contributed by atoms with Gasteiger partial charge in [-0.1, -0.05) is 35.6 Å². The van der Waals surface area contributed by atoms with Crippen LogP contribution >= 0.6 is 22.7 Å². The van der Waals surface area contributed by atoms with Crippen LogP contribution in [0.1, 0.15) is 16.1 Å². The van der Waals surface area contributed by atoms with Crippen LogP contribution in [0.15, 0.2) is 24.3 Å². The normalized spacial score (nSPS) is 15.8. The largest absolute Gasteiger partial charge is 0.375 e. The third kappa shape index (κ3) is 3.15. The number of benzene rings is 1. The van der Waals surface area contributed by atoms with E-state index in [9.17, 15) is 0 Å². The van der Waals surface area contributed by atoms with Gasteiger partial charge in [-0.3, -0.25) is 4.90 Å². The number of fused-ring (bicyclic) bond motifs is 2. The molecule has 4 N–H and O–H groups in total. The molecule has 0 bridgehead atoms. The molecule has 4 rings (SSSR count). The third-order valence-corrected chi connectivity index (χ3v) is 6.17. The molecule has 1 aliphatic heterocycles. The van der Waals surface area contributed by atoms with Gasteiger partial charge in [0.15, 0.2) is 10.3 Å². The standard InChI is InChI=1S/C17H19N5S2/c18-16-20-12-6-9-22(10-7-14(12)23-16)8-2-4-11-3-1-5-13-15(11)24-17(19)21-13/h1-5H,6-10H2,(H2,18,20)(H2,19,21). The van der Waals surface area contributed by atoms with Crippen molar-refractivity contribution in [3.63, 3.8) is 0 Å². The highest BCUT2D eigenvalue weighted by Gasteiger charge is 2.16. The highest BCUT2D eigenvalue weighted by molar-refractivity contribution is 7.22. The lowest BCUT2D eigenvalue weighted by molar-refractivity contribution is 0.318. The van der Waals surface area contributed by atoms with E-state index in [1.807, 2.05) is 12.1 Å². The molecule has 0 amide bonds. The van der Waals surface area contributed by atoms with Crippen LogP contribution in [0.3, 0.4) is 0 Å². The topological polar surface area (TPSA) is 81.1 Å². The molecule has 2 aromatic heterocycles. The molecule has 3 aromatic rings. The molecule has 3 heterocycles. The van der Waals surface area contributed by atoms with E-state index in [0.717, 1.165) is 42.7 Å². The number of nitrogens with zero attached hydrogens (tertiary/aromatic N) is 3. The molecule has 7 heteroatoms. The molecule has 0 atom stereocenters. The van der Waals surface area contributed by atoms with E-state index in [1.54, 1.807) is 22.7 Å². The molecule has 24 heavy (non-hydrogen) atoms. The molecule has 0 radical (unpaired) electrons. The summed E-state index contributed by atoms with van der Waals surface area (Å²) < 4.78 is 1.16. The zero-order chi connectivity index (χ0) is 16.5. The summed E-state index contributed by atoms with van der Waals surface area (Å²) in [4.78, 5) is 12.6. The van der Waals surface area contributed by atoms with Crippen molar-refractivity contribution in [3.8, 4) is 0 Å². The lowest BCUT2D eigenvalue weighted by Crippen LogP contribution is -2.26. The van der Waals surface area contributed by atoms with Gasteiger partial charge < -0.3 is 11.5 Å². The van der Waals surface area contributed by atoms with Crippen molar-refractivity contribution in [1.29, 1.82) is 0 Å². The Morgan fingerprint density at radius 2 is 1.92 bits per heavy atom. The number of rotatable bonds is 3. The minimum atomic E-state index is 0.622. The Hall–Kier alpha value is -1.96. The molecular weight excluding hydrogens is 338 g/mol. The number of hydrogen-bond donors (Lipinski definition) is 2. The van der Waals surface area contributed by atoms with Crippen LogP contribution in [0, 0.1) is 0 Å². The lowest BCUT2D eigenvalue weighted by atomic mass is 10.2. The molecule has 124 valence electrons. The molecule has 1 aliphatic rings.